The third-order valence-corrected chi connectivity index (χ3v) is 12.8. The maximum absolute atomic E-state index is 13.2. The van der Waals surface area contributed by atoms with Crippen LogP contribution in [0.25, 0.3) is 0 Å². The van der Waals surface area contributed by atoms with E-state index in [1.807, 2.05) is 0 Å². The quantitative estimate of drug-likeness (QED) is 0.0321. The standard InChI is InChI=1S/C56H107NO5/c1-4-7-10-13-16-19-22-24-26-28-30-32-34-37-40-43-46-49-56(61)62-52(47-44-41-38-35-21-18-15-12-9-6-3)50-55(60)57-53(51-58)54(59)48-45-42-39-36-33-31-29-27-25-23-20-17-14-11-8-5-2/h18,21,24,26,52-54,58-59H,4-17,19-20,22-23,25,27-51H2,1-3H3,(H,57,60)/b21-18-,26-24+. The van der Waals surface area contributed by atoms with Crippen LogP contribution in [0.4, 0.5) is 0 Å². The number of hydrogen-bond acceptors (Lipinski definition) is 5. The Kier molecular flexibility index (Phi) is 49.0. The number of amides is 1. The van der Waals surface area contributed by atoms with Gasteiger partial charge in [-0.2, -0.15) is 0 Å². The fourth-order valence-electron chi connectivity index (χ4n) is 8.54. The van der Waals surface area contributed by atoms with E-state index in [0.717, 1.165) is 64.2 Å². The van der Waals surface area contributed by atoms with Crippen molar-refractivity contribution in [2.24, 2.45) is 0 Å². The van der Waals surface area contributed by atoms with Crippen molar-refractivity contribution >= 4 is 11.9 Å². The van der Waals surface area contributed by atoms with Gasteiger partial charge in [-0.3, -0.25) is 9.59 Å². The van der Waals surface area contributed by atoms with E-state index >= 15 is 0 Å². The van der Waals surface area contributed by atoms with Gasteiger partial charge in [0.2, 0.25) is 5.91 Å². The Labute approximate surface area is 386 Å². The van der Waals surface area contributed by atoms with Crippen LogP contribution in [0.1, 0.15) is 297 Å². The molecule has 3 atom stereocenters. The first kappa shape index (κ1) is 60.3. The summed E-state index contributed by atoms with van der Waals surface area (Å²) < 4.78 is 5.93. The van der Waals surface area contributed by atoms with E-state index in [4.69, 9.17) is 4.74 Å². The number of ether oxygens (including phenoxy) is 1. The maximum Gasteiger partial charge on any atom is 0.306 e. The van der Waals surface area contributed by atoms with Gasteiger partial charge < -0.3 is 20.3 Å². The third kappa shape index (κ3) is 44.9. The normalized spacial score (nSPS) is 13.3. The average molecular weight is 874 g/mol. The smallest absolute Gasteiger partial charge is 0.306 e. The van der Waals surface area contributed by atoms with Crippen molar-refractivity contribution < 1.29 is 24.5 Å². The molecule has 0 fully saturated rings. The van der Waals surface area contributed by atoms with Crippen LogP contribution < -0.4 is 5.32 Å². The van der Waals surface area contributed by atoms with Crippen LogP contribution in [0.15, 0.2) is 24.3 Å². The average Bonchev–Trinajstić information content (AvgIpc) is 3.26. The highest BCUT2D eigenvalue weighted by atomic mass is 16.5. The number of aliphatic hydroxyl groups is 2. The van der Waals surface area contributed by atoms with E-state index in [0.29, 0.717) is 19.3 Å². The number of allylic oxidation sites excluding steroid dienone is 4. The molecule has 3 N–H and O–H groups in total. The van der Waals surface area contributed by atoms with Crippen molar-refractivity contribution in [3.63, 3.8) is 0 Å². The van der Waals surface area contributed by atoms with Crippen molar-refractivity contribution in [2.75, 3.05) is 6.61 Å². The second kappa shape index (κ2) is 50.3. The van der Waals surface area contributed by atoms with Crippen molar-refractivity contribution in [3.05, 3.63) is 24.3 Å². The molecule has 6 nitrogen and oxygen atoms in total. The van der Waals surface area contributed by atoms with Crippen molar-refractivity contribution in [3.8, 4) is 0 Å². The van der Waals surface area contributed by atoms with E-state index in [9.17, 15) is 19.8 Å². The number of rotatable bonds is 50. The molecule has 0 saturated heterocycles. The summed E-state index contributed by atoms with van der Waals surface area (Å²) in [4.78, 5) is 26.1. The fourth-order valence-corrected chi connectivity index (χ4v) is 8.54. The van der Waals surface area contributed by atoms with Crippen molar-refractivity contribution in [2.45, 2.75) is 315 Å². The van der Waals surface area contributed by atoms with E-state index in [2.05, 4.69) is 50.4 Å². The molecule has 0 heterocycles. The third-order valence-electron chi connectivity index (χ3n) is 12.8. The van der Waals surface area contributed by atoms with Crippen molar-refractivity contribution in [1.29, 1.82) is 0 Å². The summed E-state index contributed by atoms with van der Waals surface area (Å²) in [6, 6.07) is -0.703. The highest BCUT2D eigenvalue weighted by Crippen LogP contribution is 2.18. The summed E-state index contributed by atoms with van der Waals surface area (Å²) in [5.74, 6) is -0.482. The molecular weight excluding hydrogens is 767 g/mol. The van der Waals surface area contributed by atoms with Crippen molar-refractivity contribution in [1.82, 2.24) is 5.32 Å². The summed E-state index contributed by atoms with van der Waals surface area (Å²) in [7, 11) is 0. The van der Waals surface area contributed by atoms with Gasteiger partial charge in [-0.25, -0.2) is 0 Å². The Balaban J connectivity index is 4.43. The fraction of sp³-hybridized carbons (Fsp3) is 0.893. The first-order valence-corrected chi connectivity index (χ1v) is 27.6. The number of nitrogens with one attached hydrogen (secondary N) is 1. The molecule has 0 aliphatic rings. The van der Waals surface area contributed by atoms with Gasteiger partial charge in [-0.15, -0.1) is 0 Å². The second-order valence-electron chi connectivity index (χ2n) is 19.0. The molecule has 0 aliphatic heterocycles. The molecule has 6 heteroatoms. The second-order valence-corrected chi connectivity index (χ2v) is 19.0. The molecule has 0 aromatic heterocycles. The molecule has 0 saturated carbocycles. The van der Waals surface area contributed by atoms with E-state index < -0.39 is 18.2 Å². The van der Waals surface area contributed by atoms with E-state index in [1.54, 1.807) is 0 Å². The Morgan fingerprint density at radius 2 is 0.774 bits per heavy atom. The summed E-state index contributed by atoms with van der Waals surface area (Å²) in [6.45, 7) is 6.47. The molecule has 0 aromatic rings. The van der Waals surface area contributed by atoms with Gasteiger partial charge >= 0.3 is 5.97 Å². The molecule has 0 spiro atoms. The zero-order valence-corrected chi connectivity index (χ0v) is 41.8. The Bertz CT molecular complexity index is 981. The van der Waals surface area contributed by atoms with Crippen LogP contribution >= 0.6 is 0 Å². The first-order valence-electron chi connectivity index (χ1n) is 27.6. The summed E-state index contributed by atoms with van der Waals surface area (Å²) in [5, 5.41) is 23.8. The predicted octanol–water partition coefficient (Wildman–Crippen LogP) is 16.7. The van der Waals surface area contributed by atoms with E-state index in [1.165, 1.54) is 186 Å². The minimum Gasteiger partial charge on any atom is -0.462 e. The molecule has 1 amide bonds. The summed E-state index contributed by atoms with van der Waals surface area (Å²) >= 11 is 0. The molecule has 62 heavy (non-hydrogen) atoms. The maximum atomic E-state index is 13.2. The highest BCUT2D eigenvalue weighted by Gasteiger charge is 2.24. The van der Waals surface area contributed by atoms with Crippen LogP contribution in [0.2, 0.25) is 0 Å². The largest absolute Gasteiger partial charge is 0.462 e. The van der Waals surface area contributed by atoms with Gasteiger partial charge in [-0.1, -0.05) is 231 Å². The van der Waals surface area contributed by atoms with Gasteiger partial charge in [0.25, 0.3) is 0 Å². The Morgan fingerprint density at radius 1 is 0.452 bits per heavy atom. The van der Waals surface area contributed by atoms with Crippen LogP contribution in [0, 0.1) is 0 Å². The summed E-state index contributed by atoms with van der Waals surface area (Å²) in [5.41, 5.74) is 0. The van der Waals surface area contributed by atoms with Gasteiger partial charge in [0.05, 0.1) is 25.2 Å². The SMILES string of the molecule is CCCCC/C=C\CCCCCC(CC(=O)NC(CO)C(O)CCCCCCCCCCCCCCCCCC)OC(=O)CCCCCCCCC/C=C/CCCCCCCC. The molecule has 0 radical (unpaired) electrons. The zero-order valence-electron chi connectivity index (χ0n) is 41.8. The summed E-state index contributed by atoms with van der Waals surface area (Å²) in [6.07, 6.45) is 58.2. The van der Waals surface area contributed by atoms with Gasteiger partial charge in [0.15, 0.2) is 0 Å². The predicted molar refractivity (Wildman–Crippen MR) is 269 cm³/mol. The van der Waals surface area contributed by atoms with Crippen LogP contribution in [-0.4, -0.2) is 46.9 Å². The zero-order chi connectivity index (χ0) is 45.2. The Hall–Kier alpha value is -1.66. The number of carbonyl (C=O) groups is 2. The Morgan fingerprint density at radius 3 is 1.19 bits per heavy atom. The lowest BCUT2D eigenvalue weighted by atomic mass is 10.0. The molecule has 0 aliphatic carbocycles. The molecule has 0 aromatic carbocycles. The number of unbranched alkanes of at least 4 members (excludes halogenated alkanes) is 34. The van der Waals surface area contributed by atoms with Gasteiger partial charge in [0, 0.05) is 6.42 Å². The first-order chi connectivity index (χ1) is 30.5. The molecule has 3 unspecified atom stereocenters. The van der Waals surface area contributed by atoms with Crippen LogP contribution in [0.3, 0.4) is 0 Å². The van der Waals surface area contributed by atoms with E-state index in [-0.39, 0.29) is 24.9 Å². The molecule has 0 bridgehead atoms. The minimum atomic E-state index is -0.789. The topological polar surface area (TPSA) is 95.9 Å². The van der Waals surface area contributed by atoms with Crippen LogP contribution in [-0.2, 0) is 14.3 Å². The number of aliphatic hydroxyl groups excluding tert-OH is 2. The minimum absolute atomic E-state index is 0.0690. The van der Waals surface area contributed by atoms with Gasteiger partial charge in [0.1, 0.15) is 6.10 Å². The van der Waals surface area contributed by atoms with Crippen LogP contribution in [0.5, 0.6) is 0 Å². The number of carbonyl (C=O) groups excluding carboxylic acids is 2. The molecule has 0 rings (SSSR count). The monoisotopic (exact) mass is 874 g/mol. The lowest BCUT2D eigenvalue weighted by Crippen LogP contribution is -2.46. The lowest BCUT2D eigenvalue weighted by Gasteiger charge is -2.24. The molecule has 366 valence electrons. The molecular formula is C56H107NO5. The lowest BCUT2D eigenvalue weighted by molar-refractivity contribution is -0.151. The van der Waals surface area contributed by atoms with Gasteiger partial charge in [-0.05, 0) is 77.0 Å². The number of hydrogen-bond donors (Lipinski definition) is 3. The number of esters is 1. The highest BCUT2D eigenvalue weighted by molar-refractivity contribution is 5.77.